The minimum absolute atomic E-state index is 0.0260. The highest BCUT2D eigenvalue weighted by Crippen LogP contribution is 2.31. The molecule has 0 saturated heterocycles. The normalized spacial score (nSPS) is 16.0. The smallest absolute Gasteiger partial charge is 0.253 e. The lowest BCUT2D eigenvalue weighted by molar-refractivity contribution is 0.0827. The Morgan fingerprint density at radius 2 is 1.91 bits per heavy atom. The van der Waals surface area contributed by atoms with Gasteiger partial charge in [0.05, 0.1) is 0 Å². The molecule has 0 saturated carbocycles. The number of hydrogen-bond donors (Lipinski definition) is 0. The highest BCUT2D eigenvalue weighted by molar-refractivity contribution is 5.94. The Morgan fingerprint density at radius 3 is 2.70 bits per heavy atom. The van der Waals surface area contributed by atoms with Gasteiger partial charge in [-0.25, -0.2) is 0 Å². The van der Waals surface area contributed by atoms with E-state index in [2.05, 4.69) is 0 Å². The topological polar surface area (TPSA) is 38.8 Å². The van der Waals surface area contributed by atoms with Crippen LogP contribution in [0.15, 0.2) is 48.5 Å². The first-order chi connectivity index (χ1) is 11.1. The molecule has 0 N–H and O–H groups in total. The molecule has 120 valence electrons. The first kappa shape index (κ1) is 15.4. The van der Waals surface area contributed by atoms with Crippen molar-refractivity contribution in [2.75, 3.05) is 20.7 Å². The minimum Gasteiger partial charge on any atom is -0.486 e. The predicted molar refractivity (Wildman–Crippen MR) is 89.1 cm³/mol. The summed E-state index contributed by atoms with van der Waals surface area (Å²) in [6, 6.07) is 15.5. The zero-order valence-corrected chi connectivity index (χ0v) is 13.5. The number of aryl methyl sites for hydroxylation is 1. The fourth-order valence-corrected chi connectivity index (χ4v) is 2.65. The van der Waals surface area contributed by atoms with Gasteiger partial charge in [-0.2, -0.15) is 0 Å². The Kier molecular flexibility index (Phi) is 4.51. The van der Waals surface area contributed by atoms with E-state index in [1.165, 1.54) is 0 Å². The van der Waals surface area contributed by atoms with Gasteiger partial charge < -0.3 is 14.4 Å². The number of rotatable bonds is 4. The first-order valence-electron chi connectivity index (χ1n) is 7.82. The molecule has 3 rings (SSSR count). The molecule has 0 radical (unpaired) electrons. The highest BCUT2D eigenvalue weighted by atomic mass is 16.6. The average molecular weight is 311 g/mol. The van der Waals surface area contributed by atoms with Gasteiger partial charge in [-0.15, -0.1) is 0 Å². The van der Waals surface area contributed by atoms with Gasteiger partial charge in [-0.1, -0.05) is 24.3 Å². The second-order valence-electron chi connectivity index (χ2n) is 5.94. The Balaban J connectivity index is 1.61. The van der Waals surface area contributed by atoms with Crippen LogP contribution in [-0.4, -0.2) is 37.6 Å². The second-order valence-corrected chi connectivity index (χ2v) is 5.94. The van der Waals surface area contributed by atoms with Crippen LogP contribution in [0.5, 0.6) is 11.5 Å². The molecular formula is C19H21NO3. The molecule has 0 fully saturated rings. The van der Waals surface area contributed by atoms with Crippen LogP contribution in [0.3, 0.4) is 0 Å². The number of nitrogens with zero attached hydrogens (tertiary/aromatic N) is 1. The van der Waals surface area contributed by atoms with E-state index in [1.54, 1.807) is 19.0 Å². The largest absolute Gasteiger partial charge is 0.486 e. The molecule has 1 heterocycles. The zero-order chi connectivity index (χ0) is 16.2. The molecule has 0 aromatic heterocycles. The van der Waals surface area contributed by atoms with Crippen LogP contribution in [0.1, 0.15) is 22.3 Å². The summed E-state index contributed by atoms with van der Waals surface area (Å²) < 4.78 is 11.7. The molecule has 1 atom stereocenters. The van der Waals surface area contributed by atoms with Crippen molar-refractivity contribution in [3.05, 3.63) is 59.7 Å². The quantitative estimate of drug-likeness (QED) is 0.870. The predicted octanol–water partition coefficient (Wildman–Crippen LogP) is 3.16. The number of para-hydroxylation sites is 2. The van der Waals surface area contributed by atoms with Crippen LogP contribution in [-0.2, 0) is 6.42 Å². The fourth-order valence-electron chi connectivity index (χ4n) is 2.65. The van der Waals surface area contributed by atoms with Gasteiger partial charge in [0, 0.05) is 19.7 Å². The summed E-state index contributed by atoms with van der Waals surface area (Å²) in [4.78, 5) is 13.6. The summed E-state index contributed by atoms with van der Waals surface area (Å²) in [5.74, 6) is 1.64. The van der Waals surface area contributed by atoms with Crippen LogP contribution in [0.4, 0.5) is 0 Å². The van der Waals surface area contributed by atoms with Gasteiger partial charge in [0.15, 0.2) is 11.5 Å². The Morgan fingerprint density at radius 1 is 1.13 bits per heavy atom. The molecule has 1 aliphatic rings. The molecule has 1 aliphatic heterocycles. The number of fused-ring (bicyclic) bond motifs is 1. The average Bonchev–Trinajstić information content (AvgIpc) is 2.59. The molecule has 1 amide bonds. The van der Waals surface area contributed by atoms with Crippen LogP contribution < -0.4 is 9.47 Å². The summed E-state index contributed by atoms with van der Waals surface area (Å²) in [5.41, 5.74) is 1.86. The third-order valence-corrected chi connectivity index (χ3v) is 3.90. The highest BCUT2D eigenvalue weighted by Gasteiger charge is 2.20. The van der Waals surface area contributed by atoms with E-state index in [0.717, 1.165) is 35.5 Å². The lowest BCUT2D eigenvalue weighted by atomic mass is 10.0. The van der Waals surface area contributed by atoms with E-state index in [-0.39, 0.29) is 12.0 Å². The standard InChI is InChI=1S/C19H21NO3/c1-20(2)19(21)15-7-5-6-14(12-15)10-11-16-13-22-17-8-3-4-9-18(17)23-16/h3-9,12,16H,10-11,13H2,1-2H3/t16-/m1/s1. The van der Waals surface area contributed by atoms with E-state index in [1.807, 2.05) is 48.5 Å². The number of benzene rings is 2. The number of hydrogen-bond acceptors (Lipinski definition) is 3. The molecule has 4 heteroatoms. The summed E-state index contributed by atoms with van der Waals surface area (Å²) in [6.07, 6.45) is 1.75. The zero-order valence-electron chi connectivity index (χ0n) is 13.5. The number of carbonyl (C=O) groups is 1. The van der Waals surface area contributed by atoms with Crippen LogP contribution in [0, 0.1) is 0 Å². The van der Waals surface area contributed by atoms with Gasteiger partial charge in [-0.05, 0) is 42.7 Å². The van der Waals surface area contributed by atoms with Crippen molar-refractivity contribution in [1.82, 2.24) is 4.90 Å². The van der Waals surface area contributed by atoms with E-state index in [9.17, 15) is 4.79 Å². The minimum atomic E-state index is 0.0260. The van der Waals surface area contributed by atoms with Crippen LogP contribution >= 0.6 is 0 Å². The third-order valence-electron chi connectivity index (χ3n) is 3.90. The van der Waals surface area contributed by atoms with Gasteiger partial charge in [0.2, 0.25) is 0 Å². The monoisotopic (exact) mass is 311 g/mol. The van der Waals surface area contributed by atoms with E-state index >= 15 is 0 Å². The van der Waals surface area contributed by atoms with Crippen molar-refractivity contribution in [3.8, 4) is 11.5 Å². The number of amides is 1. The summed E-state index contributed by atoms with van der Waals surface area (Å²) >= 11 is 0. The fraction of sp³-hybridized carbons (Fsp3) is 0.316. The molecule has 4 nitrogen and oxygen atoms in total. The Bertz CT molecular complexity index is 697. The summed E-state index contributed by atoms with van der Waals surface area (Å²) in [6.45, 7) is 0.563. The van der Waals surface area contributed by atoms with Crippen LogP contribution in [0.2, 0.25) is 0 Å². The van der Waals surface area contributed by atoms with Crippen molar-refractivity contribution < 1.29 is 14.3 Å². The van der Waals surface area contributed by atoms with Gasteiger partial charge in [0.25, 0.3) is 5.91 Å². The van der Waals surface area contributed by atoms with E-state index < -0.39 is 0 Å². The molecule has 0 spiro atoms. The van der Waals surface area contributed by atoms with Crippen molar-refractivity contribution in [3.63, 3.8) is 0 Å². The molecule has 2 aromatic rings. The summed E-state index contributed by atoms with van der Waals surface area (Å²) in [5, 5.41) is 0. The molecule has 0 bridgehead atoms. The van der Waals surface area contributed by atoms with Crippen molar-refractivity contribution >= 4 is 5.91 Å². The maximum Gasteiger partial charge on any atom is 0.253 e. The maximum absolute atomic E-state index is 12.0. The second kappa shape index (κ2) is 6.73. The SMILES string of the molecule is CN(C)C(=O)c1cccc(CC[C@@H]2COc3ccccc3O2)c1. The lowest BCUT2D eigenvalue weighted by Crippen LogP contribution is -2.29. The van der Waals surface area contributed by atoms with Crippen molar-refractivity contribution in [2.24, 2.45) is 0 Å². The molecule has 0 aliphatic carbocycles. The van der Waals surface area contributed by atoms with Gasteiger partial charge >= 0.3 is 0 Å². The lowest BCUT2D eigenvalue weighted by Gasteiger charge is -2.26. The molecule has 23 heavy (non-hydrogen) atoms. The molecule has 0 unspecified atom stereocenters. The van der Waals surface area contributed by atoms with Gasteiger partial charge in [0.1, 0.15) is 12.7 Å². The van der Waals surface area contributed by atoms with Crippen molar-refractivity contribution in [2.45, 2.75) is 18.9 Å². The Hall–Kier alpha value is -2.49. The number of ether oxygens (including phenoxy) is 2. The summed E-state index contributed by atoms with van der Waals surface area (Å²) in [7, 11) is 3.53. The van der Waals surface area contributed by atoms with Crippen LogP contribution in [0.25, 0.3) is 0 Å². The maximum atomic E-state index is 12.0. The van der Waals surface area contributed by atoms with E-state index in [0.29, 0.717) is 6.61 Å². The van der Waals surface area contributed by atoms with E-state index in [4.69, 9.17) is 9.47 Å². The number of carbonyl (C=O) groups excluding carboxylic acids is 1. The first-order valence-corrected chi connectivity index (χ1v) is 7.82. The third kappa shape index (κ3) is 3.65. The molecular weight excluding hydrogens is 290 g/mol. The Labute approximate surface area is 136 Å². The van der Waals surface area contributed by atoms with Crippen molar-refractivity contribution in [1.29, 1.82) is 0 Å². The van der Waals surface area contributed by atoms with Gasteiger partial charge in [-0.3, -0.25) is 4.79 Å². The molecule has 2 aromatic carbocycles.